The van der Waals surface area contributed by atoms with Gasteiger partial charge in [-0.3, -0.25) is 9.69 Å². The number of nitrogens with zero attached hydrogens (tertiary/aromatic N) is 3. The summed E-state index contributed by atoms with van der Waals surface area (Å²) in [4.78, 5) is 15.0. The van der Waals surface area contributed by atoms with Crippen LogP contribution in [0.25, 0.3) is 0 Å². The number of benzene rings is 2. The second-order valence-electron chi connectivity index (χ2n) is 10.3. The fraction of sp³-hybridized carbons (Fsp3) is 0.393. The summed E-state index contributed by atoms with van der Waals surface area (Å²) in [5, 5.41) is 2.47. The highest BCUT2D eigenvalue weighted by Crippen LogP contribution is 2.38. The van der Waals surface area contributed by atoms with Crippen LogP contribution in [0.5, 0.6) is 0 Å². The number of carbonyl (C=O) groups excluding carboxylic acids is 1. The maximum Gasteiger partial charge on any atom is 0.416 e. The van der Waals surface area contributed by atoms with Crippen molar-refractivity contribution in [2.75, 3.05) is 26.2 Å². The van der Waals surface area contributed by atoms with Gasteiger partial charge in [-0.2, -0.15) is 17.5 Å². The van der Waals surface area contributed by atoms with Crippen molar-refractivity contribution in [1.82, 2.24) is 19.1 Å². The summed E-state index contributed by atoms with van der Waals surface area (Å²) in [6.07, 6.45) is -2.01. The summed E-state index contributed by atoms with van der Waals surface area (Å²) in [6, 6.07) is 15.1. The van der Waals surface area contributed by atoms with Crippen LogP contribution in [0.15, 0.2) is 71.8 Å². The molecule has 214 valence electrons. The van der Waals surface area contributed by atoms with Crippen LogP contribution >= 0.6 is 11.6 Å². The molecule has 0 bridgehead atoms. The minimum Gasteiger partial charge on any atom is -0.356 e. The molecule has 2 aliphatic rings. The summed E-state index contributed by atoms with van der Waals surface area (Å²) in [7, 11) is -4.30. The monoisotopic (exact) mass is 594 g/mol. The fourth-order valence-corrected chi connectivity index (χ4v) is 7.63. The van der Waals surface area contributed by atoms with E-state index in [1.54, 1.807) is 12.1 Å². The third kappa shape index (κ3) is 6.22. The Balaban J connectivity index is 1.27. The Hall–Kier alpha value is -2.86. The van der Waals surface area contributed by atoms with E-state index in [4.69, 9.17) is 11.6 Å². The van der Waals surface area contributed by atoms with Crippen molar-refractivity contribution >= 4 is 27.5 Å². The van der Waals surface area contributed by atoms with Crippen molar-refractivity contribution in [2.24, 2.45) is 5.92 Å². The fourth-order valence-electron chi connectivity index (χ4n) is 5.52. The summed E-state index contributed by atoms with van der Waals surface area (Å²) in [5.74, 6) is -0.00598. The number of hydrogen-bond acceptors (Lipinski definition) is 4. The molecule has 1 aromatic heterocycles. The minimum atomic E-state index is -4.66. The molecule has 0 saturated carbocycles. The SMILES string of the molecule is O=C(CC1c2cccn2CCN1S(=O)(=O)c1ccc(C(F)(F)F)cc1Cl)NCC1CCN(Cc2ccccc2)C1. The van der Waals surface area contributed by atoms with E-state index >= 15 is 0 Å². The molecular weight excluding hydrogens is 565 g/mol. The zero-order chi connectivity index (χ0) is 28.5. The van der Waals surface area contributed by atoms with Crippen LogP contribution in [-0.2, 0) is 34.1 Å². The van der Waals surface area contributed by atoms with Crippen molar-refractivity contribution in [2.45, 2.75) is 43.0 Å². The lowest BCUT2D eigenvalue weighted by molar-refractivity contribution is -0.137. The maximum absolute atomic E-state index is 13.7. The number of aromatic nitrogens is 1. The van der Waals surface area contributed by atoms with Crippen LogP contribution < -0.4 is 5.32 Å². The van der Waals surface area contributed by atoms with Crippen LogP contribution in [-0.4, -0.2) is 54.3 Å². The molecule has 12 heteroatoms. The standard InChI is InChI=1S/C28H30ClF3N4O3S/c29-23-15-22(28(30,31)32)8-9-26(23)40(38,39)36-14-13-35-11-4-7-24(35)25(36)16-27(37)33-17-21-10-12-34(19-21)18-20-5-2-1-3-6-20/h1-9,11,15,21,25H,10,12-14,16-19H2,(H,33,37). The summed E-state index contributed by atoms with van der Waals surface area (Å²) in [5.41, 5.74) is 0.846. The van der Waals surface area contributed by atoms with Crippen LogP contribution in [0.4, 0.5) is 13.2 Å². The molecule has 1 N–H and O–H groups in total. The minimum absolute atomic E-state index is 0.0520. The third-order valence-electron chi connectivity index (χ3n) is 7.55. The van der Waals surface area contributed by atoms with E-state index in [0.29, 0.717) is 30.9 Å². The topological polar surface area (TPSA) is 74.6 Å². The van der Waals surface area contributed by atoms with E-state index in [0.717, 1.165) is 32.1 Å². The first-order chi connectivity index (χ1) is 19.0. The van der Waals surface area contributed by atoms with Gasteiger partial charge in [-0.05, 0) is 54.8 Å². The lowest BCUT2D eigenvalue weighted by atomic mass is 10.1. The van der Waals surface area contributed by atoms with Gasteiger partial charge in [-0.25, -0.2) is 8.42 Å². The highest BCUT2D eigenvalue weighted by molar-refractivity contribution is 7.89. The summed E-state index contributed by atoms with van der Waals surface area (Å²) < 4.78 is 69.7. The molecule has 40 heavy (non-hydrogen) atoms. The largest absolute Gasteiger partial charge is 0.416 e. The van der Waals surface area contributed by atoms with E-state index in [1.807, 2.05) is 29.0 Å². The van der Waals surface area contributed by atoms with Gasteiger partial charge in [0.15, 0.2) is 0 Å². The number of halogens is 4. The predicted octanol–water partition coefficient (Wildman–Crippen LogP) is 4.93. The van der Waals surface area contributed by atoms with Crippen LogP contribution in [0.2, 0.25) is 5.02 Å². The Kier molecular flexibility index (Phi) is 8.28. The number of hydrogen-bond donors (Lipinski definition) is 1. The van der Waals surface area contributed by atoms with E-state index in [9.17, 15) is 26.4 Å². The van der Waals surface area contributed by atoms with Crippen LogP contribution in [0.3, 0.4) is 0 Å². The molecular formula is C28H30ClF3N4O3S. The first-order valence-corrected chi connectivity index (χ1v) is 14.9. The van der Waals surface area contributed by atoms with E-state index in [2.05, 4.69) is 22.3 Å². The quantitative estimate of drug-likeness (QED) is 0.401. The normalized spacial score (nSPS) is 20.4. The number of amides is 1. The van der Waals surface area contributed by atoms with Crippen molar-refractivity contribution < 1.29 is 26.4 Å². The molecule has 0 aliphatic carbocycles. The molecule has 2 atom stereocenters. The molecule has 2 aliphatic heterocycles. The Bertz CT molecular complexity index is 1460. The molecule has 0 spiro atoms. The van der Waals surface area contributed by atoms with Crippen LogP contribution in [0, 0.1) is 5.92 Å². The van der Waals surface area contributed by atoms with E-state index < -0.39 is 37.7 Å². The number of likely N-dealkylation sites (tertiary alicyclic amines) is 1. The maximum atomic E-state index is 13.7. The van der Waals surface area contributed by atoms with Gasteiger partial charge in [0.05, 0.1) is 16.6 Å². The first-order valence-electron chi connectivity index (χ1n) is 13.1. The van der Waals surface area contributed by atoms with Gasteiger partial charge in [0.2, 0.25) is 15.9 Å². The zero-order valence-electron chi connectivity index (χ0n) is 21.6. The molecule has 2 aromatic carbocycles. The highest BCUT2D eigenvalue weighted by Gasteiger charge is 2.40. The van der Waals surface area contributed by atoms with Crippen molar-refractivity contribution in [3.63, 3.8) is 0 Å². The van der Waals surface area contributed by atoms with E-state index in [-0.39, 0.29) is 24.8 Å². The number of rotatable bonds is 8. The Morgan fingerprint density at radius 2 is 1.80 bits per heavy atom. The molecule has 1 fully saturated rings. The number of alkyl halides is 3. The average Bonchev–Trinajstić information content (AvgIpc) is 3.57. The number of carbonyl (C=O) groups is 1. The molecule has 3 aromatic rings. The third-order valence-corrected chi connectivity index (χ3v) is 9.94. The average molecular weight is 595 g/mol. The highest BCUT2D eigenvalue weighted by atomic mass is 35.5. The van der Waals surface area contributed by atoms with Gasteiger partial charge in [0.25, 0.3) is 0 Å². The van der Waals surface area contributed by atoms with Crippen LogP contribution in [0.1, 0.15) is 35.7 Å². The second-order valence-corrected chi connectivity index (χ2v) is 12.6. The molecule has 5 rings (SSSR count). The number of fused-ring (bicyclic) bond motifs is 1. The Morgan fingerprint density at radius 3 is 2.52 bits per heavy atom. The van der Waals surface area contributed by atoms with Gasteiger partial charge in [0.1, 0.15) is 4.90 Å². The van der Waals surface area contributed by atoms with Gasteiger partial charge in [-0.15, -0.1) is 0 Å². The van der Waals surface area contributed by atoms with Crippen molar-refractivity contribution in [1.29, 1.82) is 0 Å². The number of nitrogens with one attached hydrogen (secondary N) is 1. The summed E-state index contributed by atoms with van der Waals surface area (Å²) >= 11 is 6.06. The molecule has 1 saturated heterocycles. The molecule has 0 radical (unpaired) electrons. The van der Waals surface area contributed by atoms with Crippen molar-refractivity contribution in [3.8, 4) is 0 Å². The van der Waals surface area contributed by atoms with E-state index in [1.165, 1.54) is 9.87 Å². The lowest BCUT2D eigenvalue weighted by Crippen LogP contribution is -2.44. The Morgan fingerprint density at radius 1 is 1.02 bits per heavy atom. The first kappa shape index (κ1) is 28.7. The van der Waals surface area contributed by atoms with Gasteiger partial charge < -0.3 is 9.88 Å². The smallest absolute Gasteiger partial charge is 0.356 e. The van der Waals surface area contributed by atoms with Gasteiger partial charge >= 0.3 is 6.18 Å². The van der Waals surface area contributed by atoms with Gasteiger partial charge in [-0.1, -0.05) is 41.9 Å². The zero-order valence-corrected chi connectivity index (χ0v) is 23.2. The Labute approximate surface area is 236 Å². The van der Waals surface area contributed by atoms with Gasteiger partial charge in [0, 0.05) is 51.0 Å². The molecule has 1 amide bonds. The number of sulfonamides is 1. The molecule has 7 nitrogen and oxygen atoms in total. The predicted molar refractivity (Wildman–Crippen MR) is 145 cm³/mol. The second kappa shape index (κ2) is 11.6. The lowest BCUT2D eigenvalue weighted by Gasteiger charge is -2.36. The molecule has 3 heterocycles. The molecule has 2 unspecified atom stereocenters. The summed E-state index contributed by atoms with van der Waals surface area (Å²) in [6.45, 7) is 3.52. The van der Waals surface area contributed by atoms with Crippen molar-refractivity contribution in [3.05, 3.63) is 88.7 Å².